The number of rotatable bonds is 11. The Morgan fingerprint density at radius 3 is 2.67 bits per heavy atom. The number of furan rings is 1. The van der Waals surface area contributed by atoms with E-state index in [-0.39, 0.29) is 18.2 Å². The van der Waals surface area contributed by atoms with Gasteiger partial charge in [-0.15, -0.1) is 0 Å². The van der Waals surface area contributed by atoms with Crippen LogP contribution in [0.4, 0.5) is 0 Å². The van der Waals surface area contributed by atoms with Crippen molar-refractivity contribution in [1.82, 2.24) is 15.1 Å². The predicted molar refractivity (Wildman–Crippen MR) is 148 cm³/mol. The van der Waals surface area contributed by atoms with E-state index >= 15 is 0 Å². The summed E-state index contributed by atoms with van der Waals surface area (Å²) in [7, 11) is 0. The van der Waals surface area contributed by atoms with Crippen LogP contribution in [0.3, 0.4) is 0 Å². The van der Waals surface area contributed by atoms with Gasteiger partial charge in [-0.1, -0.05) is 31.9 Å². The fraction of sp³-hybridized carbons (Fsp3) is 0.355. The minimum absolute atomic E-state index is 0.149. The maximum absolute atomic E-state index is 13.7. The van der Waals surface area contributed by atoms with Gasteiger partial charge in [0.15, 0.2) is 11.5 Å². The molecule has 0 aliphatic carbocycles. The number of nitrogens with one attached hydrogen (secondary N) is 1. The van der Waals surface area contributed by atoms with Crippen molar-refractivity contribution < 1.29 is 23.8 Å². The minimum atomic E-state index is -0.486. The summed E-state index contributed by atoms with van der Waals surface area (Å²) in [5.41, 5.74) is 4.84. The Morgan fingerprint density at radius 1 is 1.08 bits per heavy atom. The molecule has 1 aliphatic rings. The number of hydrogen-bond acceptors (Lipinski definition) is 6. The number of aryl methyl sites for hydroxylation is 2. The molecule has 2 aromatic carbocycles. The molecule has 1 amide bonds. The number of ether oxygens (including phenoxy) is 2. The number of carbonyl (C=O) groups is 1. The van der Waals surface area contributed by atoms with Gasteiger partial charge in [-0.05, 0) is 74.2 Å². The molecule has 1 unspecified atom stereocenters. The van der Waals surface area contributed by atoms with E-state index in [1.54, 1.807) is 11.2 Å². The van der Waals surface area contributed by atoms with E-state index in [1.807, 2.05) is 63.2 Å². The summed E-state index contributed by atoms with van der Waals surface area (Å²) in [6.07, 6.45) is 4.79. The first kappa shape index (κ1) is 26.4. The molecule has 2 aromatic heterocycles. The third-order valence-corrected chi connectivity index (χ3v) is 7.06. The Hall–Kier alpha value is -4.20. The molecule has 2 N–H and O–H groups in total. The lowest BCUT2D eigenvalue weighted by Gasteiger charge is -2.26. The number of hydrogen-bond donors (Lipinski definition) is 2. The van der Waals surface area contributed by atoms with Crippen LogP contribution < -0.4 is 9.47 Å². The highest BCUT2D eigenvalue weighted by Crippen LogP contribution is 2.47. The average Bonchev–Trinajstić information content (AvgIpc) is 3.64. The number of nitrogens with zero attached hydrogens (tertiary/aromatic N) is 2. The summed E-state index contributed by atoms with van der Waals surface area (Å²) in [6, 6.07) is 12.8. The smallest absolute Gasteiger partial charge is 0.273 e. The fourth-order valence-corrected chi connectivity index (χ4v) is 5.24. The zero-order chi connectivity index (χ0) is 27.5. The second kappa shape index (κ2) is 11.3. The first-order chi connectivity index (χ1) is 18.9. The van der Waals surface area contributed by atoms with E-state index in [9.17, 15) is 9.90 Å². The molecule has 0 spiro atoms. The van der Waals surface area contributed by atoms with Crippen molar-refractivity contribution in [2.24, 2.45) is 0 Å². The fourth-order valence-electron chi connectivity index (χ4n) is 5.24. The van der Waals surface area contributed by atoms with E-state index in [4.69, 9.17) is 13.9 Å². The maximum atomic E-state index is 13.7. The Bertz CT molecular complexity index is 1460. The van der Waals surface area contributed by atoms with Gasteiger partial charge in [0, 0.05) is 11.1 Å². The highest BCUT2D eigenvalue weighted by atomic mass is 16.5. The van der Waals surface area contributed by atoms with E-state index in [1.165, 1.54) is 0 Å². The van der Waals surface area contributed by atoms with Crippen LogP contribution in [0.5, 0.6) is 17.2 Å². The van der Waals surface area contributed by atoms with Crippen LogP contribution >= 0.6 is 0 Å². The lowest BCUT2D eigenvalue weighted by Crippen LogP contribution is -2.29. The molecule has 3 heterocycles. The van der Waals surface area contributed by atoms with Gasteiger partial charge in [0.1, 0.15) is 22.9 Å². The van der Waals surface area contributed by atoms with Crippen LogP contribution in [0.25, 0.3) is 11.3 Å². The van der Waals surface area contributed by atoms with Crippen molar-refractivity contribution in [3.05, 3.63) is 82.4 Å². The average molecular weight is 530 g/mol. The molecule has 4 aromatic rings. The van der Waals surface area contributed by atoms with Crippen molar-refractivity contribution in [3.8, 4) is 28.5 Å². The number of aromatic hydroxyl groups is 1. The number of carbonyl (C=O) groups excluding carboxylic acids is 1. The van der Waals surface area contributed by atoms with E-state index in [0.717, 1.165) is 36.0 Å². The molecule has 0 fully saturated rings. The van der Waals surface area contributed by atoms with E-state index in [2.05, 4.69) is 17.1 Å². The summed E-state index contributed by atoms with van der Waals surface area (Å²) < 4.78 is 17.7. The largest absolute Gasteiger partial charge is 0.507 e. The van der Waals surface area contributed by atoms with Crippen molar-refractivity contribution in [1.29, 1.82) is 0 Å². The van der Waals surface area contributed by atoms with Crippen LogP contribution in [0.1, 0.15) is 77.7 Å². The number of fused-ring (bicyclic) bond motifs is 1. The van der Waals surface area contributed by atoms with Gasteiger partial charge >= 0.3 is 0 Å². The van der Waals surface area contributed by atoms with Crippen molar-refractivity contribution in [3.63, 3.8) is 0 Å². The molecule has 1 aliphatic heterocycles. The molecule has 0 saturated carbocycles. The second-order valence-electron chi connectivity index (χ2n) is 9.95. The summed E-state index contributed by atoms with van der Waals surface area (Å²) in [5.74, 6) is 1.94. The molecule has 1 atom stereocenters. The van der Waals surface area contributed by atoms with Crippen LogP contribution in [-0.4, -0.2) is 39.3 Å². The van der Waals surface area contributed by atoms with Crippen molar-refractivity contribution in [2.75, 3.05) is 13.2 Å². The summed E-state index contributed by atoms with van der Waals surface area (Å²) in [5, 5.41) is 18.5. The van der Waals surface area contributed by atoms with Crippen molar-refractivity contribution in [2.45, 2.75) is 59.5 Å². The van der Waals surface area contributed by atoms with Gasteiger partial charge in [-0.25, -0.2) is 0 Å². The van der Waals surface area contributed by atoms with Gasteiger partial charge < -0.3 is 23.9 Å². The van der Waals surface area contributed by atoms with Crippen molar-refractivity contribution >= 4 is 5.91 Å². The predicted octanol–water partition coefficient (Wildman–Crippen LogP) is 6.71. The molecular weight excluding hydrogens is 494 g/mol. The number of phenols is 1. The number of H-pyrrole nitrogens is 1. The number of unbranched alkanes of at least 4 members (excludes halogenated alkanes) is 2. The topological polar surface area (TPSA) is 101 Å². The molecule has 0 radical (unpaired) electrons. The Morgan fingerprint density at radius 2 is 1.92 bits per heavy atom. The second-order valence-corrected chi connectivity index (χ2v) is 9.95. The third-order valence-electron chi connectivity index (χ3n) is 7.06. The molecule has 8 heteroatoms. The minimum Gasteiger partial charge on any atom is -0.507 e. The lowest BCUT2D eigenvalue weighted by atomic mass is 9.94. The molecule has 5 rings (SSSR count). The normalized spacial score (nSPS) is 14.6. The van der Waals surface area contributed by atoms with Crippen LogP contribution in [-0.2, 0) is 6.54 Å². The third kappa shape index (κ3) is 5.11. The molecule has 39 heavy (non-hydrogen) atoms. The zero-order valence-electron chi connectivity index (χ0n) is 22.9. The summed E-state index contributed by atoms with van der Waals surface area (Å²) in [6.45, 7) is 9.30. The van der Waals surface area contributed by atoms with Gasteiger partial charge in [0.2, 0.25) is 0 Å². The number of phenolic OH excluding ortho intramolecular Hbond substituents is 1. The molecular formula is C31H35N3O5. The summed E-state index contributed by atoms with van der Waals surface area (Å²) in [4.78, 5) is 15.5. The number of aromatic amines is 1. The van der Waals surface area contributed by atoms with E-state index in [0.29, 0.717) is 53.0 Å². The standard InChI is InChI=1S/C31H35N3O5/c1-5-7-8-13-39-24-12-11-21(17-25(24)37-6-2)29-26-27(23-16-19(3)15-20(4)30(23)35)32-33-28(26)31(36)34(29)18-22-10-9-14-38-22/h9-12,14-17,29,35H,5-8,13,18H2,1-4H3,(H,32,33). The first-order valence-electron chi connectivity index (χ1n) is 13.5. The highest BCUT2D eigenvalue weighted by Gasteiger charge is 2.43. The quantitative estimate of drug-likeness (QED) is 0.210. The highest BCUT2D eigenvalue weighted by molar-refractivity contribution is 6.00. The Labute approximate surface area is 228 Å². The van der Waals surface area contributed by atoms with Crippen LogP contribution in [0.2, 0.25) is 0 Å². The van der Waals surface area contributed by atoms with Crippen LogP contribution in [0.15, 0.2) is 53.1 Å². The maximum Gasteiger partial charge on any atom is 0.273 e. The van der Waals surface area contributed by atoms with Gasteiger partial charge in [0.25, 0.3) is 5.91 Å². The monoisotopic (exact) mass is 529 g/mol. The van der Waals surface area contributed by atoms with Gasteiger partial charge in [-0.2, -0.15) is 5.10 Å². The number of amides is 1. The molecule has 204 valence electrons. The number of aromatic nitrogens is 2. The van der Waals surface area contributed by atoms with E-state index < -0.39 is 6.04 Å². The molecule has 8 nitrogen and oxygen atoms in total. The SMILES string of the molecule is CCCCCOc1ccc(C2c3c(-c4cc(C)cc(C)c4O)n[nH]c3C(=O)N2Cc2ccco2)cc1OCC. The lowest BCUT2D eigenvalue weighted by molar-refractivity contribution is 0.0716. The zero-order valence-corrected chi connectivity index (χ0v) is 22.9. The van der Waals surface area contributed by atoms with Gasteiger partial charge in [-0.3, -0.25) is 9.89 Å². The first-order valence-corrected chi connectivity index (χ1v) is 13.5. The summed E-state index contributed by atoms with van der Waals surface area (Å²) >= 11 is 0. The number of benzene rings is 2. The molecule has 0 bridgehead atoms. The van der Waals surface area contributed by atoms with Gasteiger partial charge in [0.05, 0.1) is 32.1 Å². The molecule has 0 saturated heterocycles. The van der Waals surface area contributed by atoms with Crippen LogP contribution in [0, 0.1) is 13.8 Å². The Balaban J connectivity index is 1.62. The Kier molecular flexibility index (Phi) is 7.63.